The van der Waals surface area contributed by atoms with Gasteiger partial charge in [-0.1, -0.05) is 0 Å². The Labute approximate surface area is 115 Å². The number of carbonyl (C=O) groups is 2. The van der Waals surface area contributed by atoms with Crippen LogP contribution in [0.15, 0.2) is 11.6 Å². The molecule has 0 saturated heterocycles. The molecule has 8 heteroatoms. The minimum atomic E-state index is -1.70. The van der Waals surface area contributed by atoms with Crippen LogP contribution in [0.5, 0.6) is 0 Å². The van der Waals surface area contributed by atoms with Gasteiger partial charge in [-0.05, 0) is 13.0 Å². The largest absolute Gasteiger partial charge is 0.452 e. The average Bonchev–Trinajstić information content (AvgIpc) is 2.73. The van der Waals surface area contributed by atoms with E-state index in [1.807, 2.05) is 0 Å². The normalized spacial score (nSPS) is 24.4. The summed E-state index contributed by atoms with van der Waals surface area (Å²) >= 11 is 0. The summed E-state index contributed by atoms with van der Waals surface area (Å²) in [6, 6.07) is -1.13. The Bertz CT molecular complexity index is 409. The predicted octanol–water partition coefficient (Wildman–Crippen LogP) is -2.56. The van der Waals surface area contributed by atoms with Crippen molar-refractivity contribution in [2.24, 2.45) is 0 Å². The third-order valence-electron chi connectivity index (χ3n) is 3.00. The molecule has 5 N–H and O–H groups in total. The van der Waals surface area contributed by atoms with E-state index in [-0.39, 0.29) is 0 Å². The fourth-order valence-corrected chi connectivity index (χ4v) is 1.89. The van der Waals surface area contributed by atoms with Gasteiger partial charge < -0.3 is 30.5 Å². The summed E-state index contributed by atoms with van der Waals surface area (Å²) in [6.07, 6.45) is -4.46. The summed E-state index contributed by atoms with van der Waals surface area (Å²) in [7, 11) is 0. The summed E-state index contributed by atoms with van der Waals surface area (Å²) in [5.74, 6) is -1.09. The molecule has 5 unspecified atom stereocenters. The van der Waals surface area contributed by atoms with Gasteiger partial charge in [0, 0.05) is 12.5 Å². The molecule has 0 saturated carbocycles. The third-order valence-corrected chi connectivity index (χ3v) is 3.00. The molecule has 1 aliphatic rings. The zero-order valence-electron chi connectivity index (χ0n) is 11.2. The second-order valence-electron chi connectivity index (χ2n) is 4.68. The Hall–Kier alpha value is -1.48. The van der Waals surface area contributed by atoms with Gasteiger partial charge in [-0.3, -0.25) is 4.79 Å². The highest BCUT2D eigenvalue weighted by Gasteiger charge is 2.39. The number of ether oxygens (including phenoxy) is 1. The summed E-state index contributed by atoms with van der Waals surface area (Å²) in [6.45, 7) is 1.95. The second kappa shape index (κ2) is 6.80. The predicted molar refractivity (Wildman–Crippen MR) is 66.3 cm³/mol. The van der Waals surface area contributed by atoms with Crippen LogP contribution in [0.2, 0.25) is 0 Å². The molecule has 0 aliphatic carbocycles. The number of hydrogen-bond acceptors (Lipinski definition) is 7. The van der Waals surface area contributed by atoms with Crippen LogP contribution < -0.4 is 5.32 Å². The number of aliphatic hydroxyl groups is 4. The maximum atomic E-state index is 11.3. The van der Waals surface area contributed by atoms with Gasteiger partial charge in [-0.15, -0.1) is 0 Å². The smallest absolute Gasteiger partial charge is 0.334 e. The maximum absolute atomic E-state index is 11.3. The van der Waals surface area contributed by atoms with Crippen molar-refractivity contribution < 1.29 is 34.8 Å². The quantitative estimate of drug-likeness (QED) is 0.339. The van der Waals surface area contributed by atoms with Crippen molar-refractivity contribution in [1.29, 1.82) is 0 Å². The SMILES string of the molecule is CC(=O)NC(C1C=C(C)C(=O)O1)C(O)C(O)C(O)CO. The van der Waals surface area contributed by atoms with Gasteiger partial charge in [0.2, 0.25) is 5.91 Å². The van der Waals surface area contributed by atoms with Crippen LogP contribution in [0.4, 0.5) is 0 Å². The molecule has 1 amide bonds. The van der Waals surface area contributed by atoms with E-state index in [1.54, 1.807) is 0 Å². The number of aliphatic hydroxyl groups excluding tert-OH is 4. The zero-order chi connectivity index (χ0) is 15.4. The van der Waals surface area contributed by atoms with Gasteiger partial charge in [-0.25, -0.2) is 4.79 Å². The van der Waals surface area contributed by atoms with Crippen molar-refractivity contribution in [3.63, 3.8) is 0 Å². The van der Waals surface area contributed by atoms with Gasteiger partial charge in [0.1, 0.15) is 24.4 Å². The van der Waals surface area contributed by atoms with Gasteiger partial charge in [-0.2, -0.15) is 0 Å². The molecule has 8 nitrogen and oxygen atoms in total. The summed E-state index contributed by atoms with van der Waals surface area (Å²) in [5, 5.41) is 40.1. The number of carbonyl (C=O) groups excluding carboxylic acids is 2. The standard InChI is InChI=1S/C12H19NO7/c1-5-3-8(20-12(5)19)9(13-6(2)15)11(18)10(17)7(16)4-14/h3,7-11,14,16-18H,4H2,1-2H3,(H,13,15). The summed E-state index contributed by atoms with van der Waals surface area (Å²) in [5.41, 5.74) is 0.315. The molecule has 1 aliphatic heterocycles. The number of nitrogens with one attached hydrogen (secondary N) is 1. The molecular formula is C12H19NO7. The van der Waals surface area contributed by atoms with Crippen LogP contribution in [0.1, 0.15) is 13.8 Å². The molecule has 0 fully saturated rings. The highest BCUT2D eigenvalue weighted by molar-refractivity contribution is 5.90. The average molecular weight is 289 g/mol. The highest BCUT2D eigenvalue weighted by atomic mass is 16.5. The molecule has 0 spiro atoms. The van der Waals surface area contributed by atoms with Crippen LogP contribution in [0, 0.1) is 0 Å². The summed E-state index contributed by atoms with van der Waals surface area (Å²) in [4.78, 5) is 22.5. The molecule has 5 atom stereocenters. The van der Waals surface area contributed by atoms with Gasteiger partial charge in [0.05, 0.1) is 12.6 Å². The van der Waals surface area contributed by atoms with Crippen molar-refractivity contribution in [3.8, 4) is 0 Å². The first-order valence-electron chi connectivity index (χ1n) is 6.09. The first kappa shape index (κ1) is 16.6. The molecule has 0 bridgehead atoms. The van der Waals surface area contributed by atoms with Gasteiger partial charge >= 0.3 is 5.97 Å². The van der Waals surface area contributed by atoms with Crippen LogP contribution in [-0.4, -0.2) is 69.4 Å². The Kier molecular flexibility index (Phi) is 5.63. The molecule has 0 aromatic rings. The molecule has 1 heterocycles. The maximum Gasteiger partial charge on any atom is 0.334 e. The van der Waals surface area contributed by atoms with E-state index < -0.39 is 48.9 Å². The lowest BCUT2D eigenvalue weighted by atomic mass is 9.96. The third kappa shape index (κ3) is 3.76. The van der Waals surface area contributed by atoms with E-state index in [0.29, 0.717) is 5.57 Å². The van der Waals surface area contributed by atoms with E-state index >= 15 is 0 Å². The molecule has 1 rings (SSSR count). The first-order valence-corrected chi connectivity index (χ1v) is 6.09. The van der Waals surface area contributed by atoms with Crippen molar-refractivity contribution in [1.82, 2.24) is 5.32 Å². The lowest BCUT2D eigenvalue weighted by Gasteiger charge is -2.31. The van der Waals surface area contributed by atoms with Crippen molar-refractivity contribution in [2.75, 3.05) is 6.61 Å². The van der Waals surface area contributed by atoms with Crippen molar-refractivity contribution in [2.45, 2.75) is 44.3 Å². The molecule has 0 aromatic carbocycles. The number of rotatable bonds is 6. The first-order chi connectivity index (χ1) is 9.27. The zero-order valence-corrected chi connectivity index (χ0v) is 11.2. The number of hydrogen-bond donors (Lipinski definition) is 5. The lowest BCUT2D eigenvalue weighted by Crippen LogP contribution is -2.57. The number of cyclic esters (lactones) is 1. The van der Waals surface area contributed by atoms with E-state index in [4.69, 9.17) is 9.84 Å². The summed E-state index contributed by atoms with van der Waals surface area (Å²) < 4.78 is 4.96. The van der Waals surface area contributed by atoms with Crippen molar-refractivity contribution in [3.05, 3.63) is 11.6 Å². The Morgan fingerprint density at radius 2 is 2.00 bits per heavy atom. The molecule has 114 valence electrons. The molecule has 0 radical (unpaired) electrons. The van der Waals surface area contributed by atoms with E-state index in [1.165, 1.54) is 19.9 Å². The Morgan fingerprint density at radius 3 is 2.40 bits per heavy atom. The van der Waals surface area contributed by atoms with Crippen molar-refractivity contribution >= 4 is 11.9 Å². The molecule has 0 aromatic heterocycles. The van der Waals surface area contributed by atoms with E-state index in [0.717, 1.165) is 0 Å². The highest BCUT2D eigenvalue weighted by Crippen LogP contribution is 2.20. The molecule has 20 heavy (non-hydrogen) atoms. The van der Waals surface area contributed by atoms with Gasteiger partial charge in [0.15, 0.2) is 0 Å². The fourth-order valence-electron chi connectivity index (χ4n) is 1.89. The Morgan fingerprint density at radius 1 is 1.40 bits per heavy atom. The topological polar surface area (TPSA) is 136 Å². The van der Waals surface area contributed by atoms with Crippen LogP contribution in [-0.2, 0) is 14.3 Å². The Balaban J connectivity index is 2.89. The van der Waals surface area contributed by atoms with Gasteiger partial charge in [0.25, 0.3) is 0 Å². The van der Waals surface area contributed by atoms with Crippen LogP contribution in [0.3, 0.4) is 0 Å². The lowest BCUT2D eigenvalue weighted by molar-refractivity contribution is -0.146. The molecular weight excluding hydrogens is 270 g/mol. The minimum absolute atomic E-state index is 0.315. The van der Waals surface area contributed by atoms with Crippen LogP contribution in [0.25, 0.3) is 0 Å². The second-order valence-corrected chi connectivity index (χ2v) is 4.68. The minimum Gasteiger partial charge on any atom is -0.452 e. The van der Waals surface area contributed by atoms with E-state index in [2.05, 4.69) is 5.32 Å². The number of amides is 1. The van der Waals surface area contributed by atoms with Crippen LogP contribution >= 0.6 is 0 Å². The number of esters is 1. The van der Waals surface area contributed by atoms with E-state index in [9.17, 15) is 24.9 Å². The fraction of sp³-hybridized carbons (Fsp3) is 0.667. The monoisotopic (exact) mass is 289 g/mol.